The van der Waals surface area contributed by atoms with Crippen molar-refractivity contribution in [3.63, 3.8) is 0 Å². The number of nitro benzene ring substituents is 1. The van der Waals surface area contributed by atoms with Gasteiger partial charge in [0.25, 0.3) is 0 Å². The van der Waals surface area contributed by atoms with Crippen molar-refractivity contribution in [3.05, 3.63) is 52.1 Å². The van der Waals surface area contributed by atoms with E-state index in [2.05, 4.69) is 31.9 Å². The monoisotopic (exact) mass is 378 g/mol. The average molecular weight is 378 g/mol. The molecule has 0 aliphatic heterocycles. The Balaban J connectivity index is 1.68. The first kappa shape index (κ1) is 17.0. The van der Waals surface area contributed by atoms with Crippen LogP contribution in [0.4, 0.5) is 16.2 Å². The molecule has 11 heteroatoms. The van der Waals surface area contributed by atoms with Crippen LogP contribution in [0.5, 0.6) is 0 Å². The predicted octanol–water partition coefficient (Wildman–Crippen LogP) is 3.82. The lowest BCUT2D eigenvalue weighted by Gasteiger charge is -2.07. The number of ether oxygens (including phenoxy) is 1. The van der Waals surface area contributed by atoms with Gasteiger partial charge in [-0.25, -0.2) is 9.42 Å². The lowest BCUT2D eigenvalue weighted by atomic mass is 10.2. The molecule has 0 saturated carbocycles. The third-order valence-electron chi connectivity index (χ3n) is 3.23. The van der Waals surface area contributed by atoms with Crippen molar-refractivity contribution >= 4 is 51.0 Å². The lowest BCUT2D eigenvalue weighted by Crippen LogP contribution is -2.14. The average Bonchev–Trinajstić information content (AvgIpc) is 3.10. The van der Waals surface area contributed by atoms with Gasteiger partial charge in [-0.05, 0) is 34.1 Å². The van der Waals surface area contributed by atoms with Gasteiger partial charge in [0, 0.05) is 11.0 Å². The van der Waals surface area contributed by atoms with Gasteiger partial charge in [0.1, 0.15) is 6.61 Å². The third-order valence-corrected chi connectivity index (χ3v) is 4.34. The molecule has 0 spiro atoms. The summed E-state index contributed by atoms with van der Waals surface area (Å²) in [4.78, 5) is 23.2. The summed E-state index contributed by atoms with van der Waals surface area (Å²) in [7, 11) is 1.31. The molecule has 1 amide bonds. The van der Waals surface area contributed by atoms with E-state index in [-0.39, 0.29) is 29.0 Å². The summed E-state index contributed by atoms with van der Waals surface area (Å²) >= 11 is 4.09. The van der Waals surface area contributed by atoms with E-state index in [1.54, 1.807) is 0 Å². The highest BCUT2D eigenvalue weighted by Crippen LogP contribution is 2.28. The summed E-state index contributed by atoms with van der Waals surface area (Å²) in [5.41, 5.74) is 0.758. The third kappa shape index (κ3) is 3.83. The fraction of sp³-hybridized carbons (Fsp3) is 0.0714. The Bertz CT molecular complexity index is 929. The molecule has 2 aromatic carbocycles. The molecule has 0 bridgehead atoms. The number of non-ortho nitro benzene ring substituents is 1. The Morgan fingerprint density at radius 1 is 1.24 bits per heavy atom. The number of nitro groups is 1. The van der Waals surface area contributed by atoms with Gasteiger partial charge in [0.05, 0.1) is 10.6 Å². The maximum absolute atomic E-state index is 11.9. The molecule has 0 saturated heterocycles. The Hall–Kier alpha value is -2.79. The summed E-state index contributed by atoms with van der Waals surface area (Å²) in [6, 6.07) is 9.89. The van der Waals surface area contributed by atoms with Crippen molar-refractivity contribution < 1.29 is 19.1 Å². The molecule has 1 aromatic heterocycles. The number of nitrogens with zero attached hydrogens (tertiary/aromatic N) is 3. The van der Waals surface area contributed by atoms with Crippen LogP contribution in [0, 0.1) is 10.1 Å². The molecule has 1 N–H and O–H groups in total. The molecule has 1 heterocycles. The van der Waals surface area contributed by atoms with Gasteiger partial charge in [0.15, 0.2) is 5.52 Å². The van der Waals surface area contributed by atoms with E-state index < -0.39 is 11.0 Å². The normalized spacial score (nSPS) is 10.6. The second-order valence-corrected chi connectivity index (χ2v) is 5.99. The van der Waals surface area contributed by atoms with E-state index >= 15 is 0 Å². The fourth-order valence-corrected chi connectivity index (χ4v) is 2.67. The number of nitrogens with one attached hydrogen (secondary N) is 1. The molecule has 0 aliphatic rings. The number of aromatic nitrogens is 2. The zero-order valence-electron chi connectivity index (χ0n) is 12.4. The highest BCUT2D eigenvalue weighted by atomic mass is 33.1. The van der Waals surface area contributed by atoms with Crippen molar-refractivity contribution in [2.75, 3.05) is 5.32 Å². The number of hydrogen-bond donors (Lipinski definition) is 2. The van der Waals surface area contributed by atoms with Crippen LogP contribution < -0.4 is 5.32 Å². The van der Waals surface area contributed by atoms with Crippen LogP contribution in [0.3, 0.4) is 0 Å². The van der Waals surface area contributed by atoms with Gasteiger partial charge < -0.3 is 4.74 Å². The minimum atomic E-state index is -0.731. The van der Waals surface area contributed by atoms with Gasteiger partial charge in [-0.2, -0.15) is 0 Å². The summed E-state index contributed by atoms with van der Waals surface area (Å²) in [5.74, 6) is 0. The molecule has 3 aromatic rings. The molecule has 0 fully saturated rings. The van der Waals surface area contributed by atoms with Gasteiger partial charge in [0.2, 0.25) is 5.52 Å². The Kier molecular flexibility index (Phi) is 5.05. The summed E-state index contributed by atoms with van der Waals surface area (Å²) in [5, 5.41) is 20.5. The molecular weight excluding hydrogens is 368 g/mol. The second-order valence-electron chi connectivity index (χ2n) is 4.79. The van der Waals surface area contributed by atoms with E-state index in [1.165, 1.54) is 22.9 Å². The Morgan fingerprint density at radius 3 is 2.64 bits per heavy atom. The topological polar surface area (TPSA) is 120 Å². The molecule has 0 radical (unpaired) electrons. The molecular formula is C14H10N4O5S2. The SMILES string of the molecule is O=C(Nc1ccc([N+](=O)[O-])c2nonc12)OCc1ccc(SS)cc1. The van der Waals surface area contributed by atoms with Crippen molar-refractivity contribution in [3.8, 4) is 0 Å². The minimum absolute atomic E-state index is 0.0531. The smallest absolute Gasteiger partial charge is 0.412 e. The standard InChI is InChI=1S/C14H10N4O5S2/c19-14(22-7-8-1-3-9(25-24)4-2-8)15-10-5-6-11(18(20)21)13-12(10)16-23-17-13/h1-6,24H,7H2,(H,15,19). The number of benzene rings is 2. The quantitative estimate of drug-likeness (QED) is 0.297. The van der Waals surface area contributed by atoms with Gasteiger partial charge in [-0.1, -0.05) is 22.9 Å². The lowest BCUT2D eigenvalue weighted by molar-refractivity contribution is -0.383. The van der Waals surface area contributed by atoms with E-state index in [0.29, 0.717) is 0 Å². The van der Waals surface area contributed by atoms with E-state index in [9.17, 15) is 14.9 Å². The molecule has 128 valence electrons. The molecule has 0 unspecified atom stereocenters. The highest BCUT2D eigenvalue weighted by Gasteiger charge is 2.20. The van der Waals surface area contributed by atoms with Crippen molar-refractivity contribution in [1.29, 1.82) is 0 Å². The zero-order chi connectivity index (χ0) is 17.8. The number of hydrogen-bond acceptors (Lipinski definition) is 9. The van der Waals surface area contributed by atoms with Gasteiger partial charge in [-0.15, -0.1) is 11.7 Å². The number of amides is 1. The van der Waals surface area contributed by atoms with E-state index in [4.69, 9.17) is 4.74 Å². The first-order valence-corrected chi connectivity index (χ1v) is 8.69. The van der Waals surface area contributed by atoms with Gasteiger partial charge >= 0.3 is 11.8 Å². The summed E-state index contributed by atoms with van der Waals surface area (Å²) < 4.78 is 9.64. The highest BCUT2D eigenvalue weighted by molar-refractivity contribution is 8.68. The second kappa shape index (κ2) is 7.40. The first-order valence-electron chi connectivity index (χ1n) is 6.82. The largest absolute Gasteiger partial charge is 0.444 e. The van der Waals surface area contributed by atoms with Crippen LogP contribution in [0.2, 0.25) is 0 Å². The molecule has 0 aliphatic carbocycles. The van der Waals surface area contributed by atoms with Crippen LogP contribution in [0.15, 0.2) is 45.9 Å². The van der Waals surface area contributed by atoms with Crippen LogP contribution in [-0.2, 0) is 11.3 Å². The number of carbonyl (C=O) groups excluding carboxylic acids is 1. The minimum Gasteiger partial charge on any atom is -0.444 e. The van der Waals surface area contributed by atoms with Crippen LogP contribution >= 0.6 is 22.5 Å². The number of anilines is 1. The van der Waals surface area contributed by atoms with Crippen molar-refractivity contribution in [2.24, 2.45) is 0 Å². The predicted molar refractivity (Wildman–Crippen MR) is 93.6 cm³/mol. The van der Waals surface area contributed by atoms with E-state index in [0.717, 1.165) is 10.5 Å². The van der Waals surface area contributed by atoms with Crippen LogP contribution in [-0.4, -0.2) is 21.3 Å². The fourth-order valence-electron chi connectivity index (χ4n) is 2.04. The zero-order valence-corrected chi connectivity index (χ0v) is 14.1. The van der Waals surface area contributed by atoms with Crippen LogP contribution in [0.1, 0.15) is 5.56 Å². The Labute approximate surface area is 149 Å². The number of thiol groups is 1. The van der Waals surface area contributed by atoms with Crippen molar-refractivity contribution in [1.82, 2.24) is 10.3 Å². The summed E-state index contributed by atoms with van der Waals surface area (Å²) in [6.45, 7) is 0.0660. The molecule has 3 rings (SSSR count). The van der Waals surface area contributed by atoms with E-state index in [1.807, 2.05) is 24.3 Å². The molecule has 25 heavy (non-hydrogen) atoms. The van der Waals surface area contributed by atoms with Gasteiger partial charge in [-0.3, -0.25) is 15.4 Å². The molecule has 9 nitrogen and oxygen atoms in total. The number of carbonyl (C=O) groups is 1. The van der Waals surface area contributed by atoms with Crippen molar-refractivity contribution in [2.45, 2.75) is 11.5 Å². The van der Waals surface area contributed by atoms with Crippen LogP contribution in [0.25, 0.3) is 11.0 Å². The number of fused-ring (bicyclic) bond motifs is 1. The Morgan fingerprint density at radius 2 is 1.96 bits per heavy atom. The summed E-state index contributed by atoms with van der Waals surface area (Å²) in [6.07, 6.45) is -0.731. The molecule has 0 atom stereocenters. The first-order chi connectivity index (χ1) is 12.1. The maximum Gasteiger partial charge on any atom is 0.412 e. The number of rotatable bonds is 5. The maximum atomic E-state index is 11.9.